The summed E-state index contributed by atoms with van der Waals surface area (Å²) in [6.45, 7) is -0.453. The first-order valence-electron chi connectivity index (χ1n) is 8.12. The lowest BCUT2D eigenvalue weighted by Crippen LogP contribution is -2.44. The third kappa shape index (κ3) is 5.18. The number of hydrazine groups is 1. The second-order valence-corrected chi connectivity index (χ2v) is 7.39. The van der Waals surface area contributed by atoms with E-state index in [4.69, 9.17) is 22.1 Å². The van der Waals surface area contributed by atoms with Crippen LogP contribution in [0.5, 0.6) is 5.75 Å². The van der Waals surface area contributed by atoms with Crippen molar-refractivity contribution in [3.05, 3.63) is 70.4 Å². The second-order valence-electron chi connectivity index (χ2n) is 5.72. The molecule has 7 nitrogen and oxygen atoms in total. The van der Waals surface area contributed by atoms with E-state index in [1.807, 2.05) is 0 Å². The standard InChI is InChI=1S/C19H13FN2O5S2/c20-13-5-3-12(4-6-13)17(25)21-22-18(26)15(29-19(22)28)9-11-1-7-14(8-2-11)27-10-16(23)24/h1-9H,10H2,(H,21,25)(H,23,24)/b15-9+. The fraction of sp³-hybridized carbons (Fsp3) is 0.0526. The van der Waals surface area contributed by atoms with Gasteiger partial charge in [-0.2, -0.15) is 5.01 Å². The first-order chi connectivity index (χ1) is 13.8. The molecule has 2 aromatic carbocycles. The predicted octanol–water partition coefficient (Wildman–Crippen LogP) is 2.84. The summed E-state index contributed by atoms with van der Waals surface area (Å²) in [5.74, 6) is -2.28. The number of ether oxygens (including phenoxy) is 1. The third-order valence-corrected chi connectivity index (χ3v) is 4.96. The molecule has 1 aliphatic rings. The number of carbonyl (C=O) groups excluding carboxylic acids is 2. The molecule has 1 heterocycles. The van der Waals surface area contributed by atoms with E-state index < -0.39 is 30.2 Å². The van der Waals surface area contributed by atoms with Crippen molar-refractivity contribution in [3.63, 3.8) is 0 Å². The Kier molecular flexibility index (Phi) is 6.25. The molecule has 2 amide bonds. The second kappa shape index (κ2) is 8.84. The average molecular weight is 432 g/mol. The normalized spacial score (nSPS) is 14.9. The maximum Gasteiger partial charge on any atom is 0.341 e. The van der Waals surface area contributed by atoms with Crippen LogP contribution >= 0.6 is 24.0 Å². The minimum Gasteiger partial charge on any atom is -0.482 e. The van der Waals surface area contributed by atoms with Gasteiger partial charge < -0.3 is 9.84 Å². The van der Waals surface area contributed by atoms with Crippen molar-refractivity contribution in [2.75, 3.05) is 6.61 Å². The fourth-order valence-corrected chi connectivity index (χ4v) is 3.47. The van der Waals surface area contributed by atoms with Crippen LogP contribution in [0.1, 0.15) is 15.9 Å². The molecule has 0 spiro atoms. The van der Waals surface area contributed by atoms with E-state index in [1.165, 1.54) is 12.1 Å². The third-order valence-electron chi connectivity index (χ3n) is 3.65. The minimum absolute atomic E-state index is 0.151. The molecule has 0 bridgehead atoms. The number of nitrogens with one attached hydrogen (secondary N) is 1. The number of carboxylic acid groups (broad SMARTS) is 1. The Morgan fingerprint density at radius 1 is 1.17 bits per heavy atom. The van der Waals surface area contributed by atoms with Crippen molar-refractivity contribution < 1.29 is 28.6 Å². The van der Waals surface area contributed by atoms with Crippen LogP contribution < -0.4 is 10.2 Å². The van der Waals surface area contributed by atoms with Gasteiger partial charge in [-0.3, -0.25) is 15.0 Å². The number of benzene rings is 2. The molecule has 1 aliphatic heterocycles. The summed E-state index contributed by atoms with van der Waals surface area (Å²) < 4.78 is 18.2. The maximum atomic E-state index is 13.0. The number of nitrogens with zero attached hydrogens (tertiary/aromatic N) is 1. The average Bonchev–Trinajstić information content (AvgIpc) is 2.95. The highest BCUT2D eigenvalue weighted by Gasteiger charge is 2.33. The van der Waals surface area contributed by atoms with Gasteiger partial charge in [0, 0.05) is 5.56 Å². The van der Waals surface area contributed by atoms with Gasteiger partial charge in [0.2, 0.25) is 0 Å². The summed E-state index contributed by atoms with van der Waals surface area (Å²) in [5, 5.41) is 9.57. The van der Waals surface area contributed by atoms with Crippen LogP contribution in [0.3, 0.4) is 0 Å². The number of halogens is 1. The number of thiocarbonyl (C=S) groups is 1. The molecular weight excluding hydrogens is 419 g/mol. The van der Waals surface area contributed by atoms with Crippen molar-refractivity contribution in [1.29, 1.82) is 0 Å². The molecule has 3 rings (SSSR count). The Morgan fingerprint density at radius 2 is 1.83 bits per heavy atom. The number of amides is 2. The highest BCUT2D eigenvalue weighted by Crippen LogP contribution is 2.31. The number of carboxylic acids is 1. The summed E-state index contributed by atoms with van der Waals surface area (Å²) in [4.78, 5) is 35.6. The lowest BCUT2D eigenvalue weighted by atomic mass is 10.2. The van der Waals surface area contributed by atoms with Gasteiger partial charge in [0.15, 0.2) is 10.9 Å². The van der Waals surface area contributed by atoms with Gasteiger partial charge in [0.05, 0.1) is 4.91 Å². The largest absolute Gasteiger partial charge is 0.482 e. The van der Waals surface area contributed by atoms with Crippen molar-refractivity contribution in [2.45, 2.75) is 0 Å². The van der Waals surface area contributed by atoms with E-state index in [-0.39, 0.29) is 9.88 Å². The Morgan fingerprint density at radius 3 is 2.45 bits per heavy atom. The van der Waals surface area contributed by atoms with E-state index in [9.17, 15) is 18.8 Å². The zero-order valence-corrected chi connectivity index (χ0v) is 16.3. The highest BCUT2D eigenvalue weighted by molar-refractivity contribution is 8.26. The molecule has 0 aliphatic carbocycles. The molecule has 2 aromatic rings. The van der Waals surface area contributed by atoms with E-state index in [0.717, 1.165) is 28.9 Å². The van der Waals surface area contributed by atoms with Crippen molar-refractivity contribution in [1.82, 2.24) is 10.4 Å². The van der Waals surface area contributed by atoms with Gasteiger partial charge in [-0.05, 0) is 60.3 Å². The van der Waals surface area contributed by atoms with E-state index in [0.29, 0.717) is 16.2 Å². The molecule has 29 heavy (non-hydrogen) atoms. The van der Waals surface area contributed by atoms with Crippen LogP contribution in [-0.4, -0.2) is 38.8 Å². The van der Waals surface area contributed by atoms with E-state index >= 15 is 0 Å². The Hall–Kier alpha value is -3.24. The molecule has 1 fully saturated rings. The maximum absolute atomic E-state index is 13.0. The Bertz CT molecular complexity index is 1010. The topological polar surface area (TPSA) is 95.9 Å². The molecule has 0 radical (unpaired) electrons. The molecule has 0 aromatic heterocycles. The lowest BCUT2D eigenvalue weighted by Gasteiger charge is -2.15. The summed E-state index contributed by atoms with van der Waals surface area (Å²) >= 11 is 6.18. The lowest BCUT2D eigenvalue weighted by molar-refractivity contribution is -0.139. The molecule has 148 valence electrons. The highest BCUT2D eigenvalue weighted by atomic mass is 32.2. The Balaban J connectivity index is 1.68. The van der Waals surface area contributed by atoms with Gasteiger partial charge in [-0.25, -0.2) is 9.18 Å². The van der Waals surface area contributed by atoms with Crippen LogP contribution in [-0.2, 0) is 9.59 Å². The van der Waals surface area contributed by atoms with Crippen molar-refractivity contribution in [3.8, 4) is 5.75 Å². The van der Waals surface area contributed by atoms with E-state index in [2.05, 4.69) is 5.43 Å². The van der Waals surface area contributed by atoms with Crippen LogP contribution in [0.25, 0.3) is 6.08 Å². The van der Waals surface area contributed by atoms with Gasteiger partial charge in [0.1, 0.15) is 11.6 Å². The summed E-state index contributed by atoms with van der Waals surface area (Å²) in [6.07, 6.45) is 1.59. The van der Waals surface area contributed by atoms with Gasteiger partial charge >= 0.3 is 5.97 Å². The first-order valence-corrected chi connectivity index (χ1v) is 9.35. The molecule has 10 heteroatoms. The van der Waals surface area contributed by atoms with Gasteiger partial charge in [0.25, 0.3) is 11.8 Å². The Labute approximate surface area is 174 Å². The van der Waals surface area contributed by atoms with Crippen LogP contribution in [0.15, 0.2) is 53.4 Å². The van der Waals surface area contributed by atoms with Crippen LogP contribution in [0.2, 0.25) is 0 Å². The van der Waals surface area contributed by atoms with Gasteiger partial charge in [-0.1, -0.05) is 23.9 Å². The first kappa shape index (κ1) is 20.5. The smallest absolute Gasteiger partial charge is 0.341 e. The zero-order chi connectivity index (χ0) is 21.0. The molecule has 2 N–H and O–H groups in total. The summed E-state index contributed by atoms with van der Waals surface area (Å²) in [7, 11) is 0. The van der Waals surface area contributed by atoms with Crippen molar-refractivity contribution >= 4 is 52.2 Å². The monoisotopic (exact) mass is 432 g/mol. The number of aliphatic carboxylic acids is 1. The predicted molar refractivity (Wildman–Crippen MR) is 108 cm³/mol. The van der Waals surface area contributed by atoms with Crippen LogP contribution in [0.4, 0.5) is 4.39 Å². The molecule has 1 saturated heterocycles. The number of thioether (sulfide) groups is 1. The number of carbonyl (C=O) groups is 3. The minimum atomic E-state index is -1.08. The zero-order valence-electron chi connectivity index (χ0n) is 14.6. The van der Waals surface area contributed by atoms with E-state index in [1.54, 1.807) is 30.3 Å². The number of hydrogen-bond donors (Lipinski definition) is 2. The quantitative estimate of drug-likeness (QED) is 0.535. The number of rotatable bonds is 6. The van der Waals surface area contributed by atoms with Crippen LogP contribution in [0, 0.1) is 5.82 Å². The van der Waals surface area contributed by atoms with Crippen molar-refractivity contribution in [2.24, 2.45) is 0 Å². The molecular formula is C19H13FN2O5S2. The molecule has 0 saturated carbocycles. The summed E-state index contributed by atoms with van der Waals surface area (Å²) in [5.41, 5.74) is 3.26. The SMILES string of the molecule is O=C(O)COc1ccc(/C=C2/SC(=S)N(NC(=O)c3ccc(F)cc3)C2=O)cc1. The molecule has 0 atom stereocenters. The number of hydrogen-bond acceptors (Lipinski definition) is 6. The summed E-state index contributed by atoms with van der Waals surface area (Å²) in [6, 6.07) is 11.3. The van der Waals surface area contributed by atoms with Gasteiger partial charge in [-0.15, -0.1) is 0 Å². The fourth-order valence-electron chi connectivity index (χ4n) is 2.29. The molecule has 0 unspecified atom stereocenters.